The van der Waals surface area contributed by atoms with Crippen LogP contribution < -0.4 is 15.5 Å². The van der Waals surface area contributed by atoms with Crippen LogP contribution in [-0.2, 0) is 13.0 Å². The smallest absolute Gasteiger partial charge is 0.263 e. The molecule has 3 heterocycles. The van der Waals surface area contributed by atoms with Crippen LogP contribution >= 0.6 is 35.0 Å². The van der Waals surface area contributed by atoms with Gasteiger partial charge in [-0.2, -0.15) is 0 Å². The molecule has 3 aromatic rings. The Morgan fingerprint density at radius 3 is 2.81 bits per heavy atom. The zero-order valence-electron chi connectivity index (χ0n) is 16.7. The highest BCUT2D eigenvalue weighted by molar-refractivity contribution is 8.00. The van der Waals surface area contributed by atoms with Crippen LogP contribution in [0.1, 0.15) is 28.4 Å². The number of hydrogen-bond donors (Lipinski definition) is 2. The lowest BCUT2D eigenvalue weighted by molar-refractivity contribution is 0.0979. The average molecular weight is 472 g/mol. The second kappa shape index (κ2) is 8.31. The van der Waals surface area contributed by atoms with Gasteiger partial charge in [0.05, 0.1) is 26.7 Å². The van der Waals surface area contributed by atoms with E-state index in [0.717, 1.165) is 25.2 Å². The molecule has 1 aromatic heterocycles. The Morgan fingerprint density at radius 2 is 2.00 bits per heavy atom. The fourth-order valence-corrected chi connectivity index (χ4v) is 5.48. The van der Waals surface area contributed by atoms with Crippen LogP contribution in [0, 0.1) is 0 Å². The monoisotopic (exact) mass is 471 g/mol. The number of carbonyl (C=O) groups is 1. The van der Waals surface area contributed by atoms with Gasteiger partial charge in [-0.05, 0) is 55.3 Å². The molecule has 31 heavy (non-hydrogen) atoms. The van der Waals surface area contributed by atoms with E-state index in [4.69, 9.17) is 23.2 Å². The number of benzene rings is 2. The normalized spacial score (nSPS) is 17.8. The Labute approximate surface area is 194 Å². The Morgan fingerprint density at radius 1 is 1.19 bits per heavy atom. The lowest BCUT2D eigenvalue weighted by Gasteiger charge is -2.34. The Balaban J connectivity index is 1.43. The average Bonchev–Trinajstić information content (AvgIpc) is 2.75. The summed E-state index contributed by atoms with van der Waals surface area (Å²) in [7, 11) is 0. The summed E-state index contributed by atoms with van der Waals surface area (Å²) < 4.78 is 0. The minimum Gasteiger partial charge on any atom is -0.324 e. The van der Waals surface area contributed by atoms with Gasteiger partial charge in [0, 0.05) is 18.4 Å². The molecule has 0 saturated carbocycles. The summed E-state index contributed by atoms with van der Waals surface area (Å²) in [6.45, 7) is 3.79. The van der Waals surface area contributed by atoms with Gasteiger partial charge in [-0.3, -0.25) is 9.69 Å². The first kappa shape index (κ1) is 20.6. The molecule has 2 aliphatic rings. The zero-order chi connectivity index (χ0) is 21.5. The topological polar surface area (TPSA) is 70.1 Å². The molecule has 0 radical (unpaired) electrons. The quantitative estimate of drug-likeness (QED) is 0.506. The van der Waals surface area contributed by atoms with E-state index in [1.54, 1.807) is 29.3 Å². The molecular formula is C22H19Cl2N5OS. The summed E-state index contributed by atoms with van der Waals surface area (Å²) >= 11 is 14.2. The van der Waals surface area contributed by atoms with Crippen molar-refractivity contribution < 1.29 is 4.79 Å². The molecule has 0 fully saturated rings. The van der Waals surface area contributed by atoms with E-state index < -0.39 is 0 Å². The van der Waals surface area contributed by atoms with Gasteiger partial charge in [-0.25, -0.2) is 9.97 Å². The third kappa shape index (κ3) is 3.87. The molecule has 0 bridgehead atoms. The summed E-state index contributed by atoms with van der Waals surface area (Å²) in [5.41, 5.74) is 4.50. The van der Waals surface area contributed by atoms with E-state index in [9.17, 15) is 4.79 Å². The molecule has 6 nitrogen and oxygen atoms in total. The summed E-state index contributed by atoms with van der Waals surface area (Å²) in [5.74, 6) is 0.238. The molecular weight excluding hydrogens is 453 g/mol. The minimum atomic E-state index is -0.227. The SMILES string of the molecule is CC1Sc2nc(Nc3ccc4c(c3)CNCC4)ncc2C(=O)N1c1c(Cl)cccc1Cl. The molecule has 5 rings (SSSR count). The van der Waals surface area contributed by atoms with Crippen LogP contribution in [0.5, 0.6) is 0 Å². The fraction of sp³-hybridized carbons (Fsp3) is 0.227. The van der Waals surface area contributed by atoms with Crippen molar-refractivity contribution in [3.05, 3.63) is 69.3 Å². The maximum Gasteiger partial charge on any atom is 0.263 e. The largest absolute Gasteiger partial charge is 0.324 e. The molecule has 1 atom stereocenters. The maximum absolute atomic E-state index is 13.3. The van der Waals surface area contributed by atoms with Crippen molar-refractivity contribution >= 4 is 58.2 Å². The predicted molar refractivity (Wildman–Crippen MR) is 126 cm³/mol. The predicted octanol–water partition coefficient (Wildman–Crippen LogP) is 5.27. The molecule has 158 valence electrons. The fourth-order valence-electron chi connectivity index (χ4n) is 3.86. The van der Waals surface area contributed by atoms with Crippen molar-refractivity contribution in [2.24, 2.45) is 0 Å². The van der Waals surface area contributed by atoms with Crippen molar-refractivity contribution in [1.82, 2.24) is 15.3 Å². The second-order valence-corrected chi connectivity index (χ2v) is 9.53. The van der Waals surface area contributed by atoms with Crippen molar-refractivity contribution in [1.29, 1.82) is 0 Å². The summed E-state index contributed by atoms with van der Waals surface area (Å²) in [6.07, 6.45) is 2.59. The number of aromatic nitrogens is 2. The maximum atomic E-state index is 13.3. The number of nitrogens with one attached hydrogen (secondary N) is 2. The molecule has 2 N–H and O–H groups in total. The van der Waals surface area contributed by atoms with E-state index in [1.165, 1.54) is 22.9 Å². The zero-order valence-corrected chi connectivity index (χ0v) is 19.0. The summed E-state index contributed by atoms with van der Waals surface area (Å²) in [5, 5.41) is 7.91. The Bertz CT molecular complexity index is 1170. The Kier molecular flexibility index (Phi) is 5.52. The number of anilines is 3. The standard InChI is InChI=1S/C22H19Cl2N5OS/c1-12-29(19-17(23)3-2-4-18(19)24)21(30)16-11-26-22(28-20(16)31-12)27-15-6-5-13-7-8-25-10-14(13)9-15/h2-6,9,11-12,25H,7-8,10H2,1H3,(H,26,27,28). The molecule has 0 aliphatic carbocycles. The van der Waals surface area contributed by atoms with Crippen LogP contribution in [0.2, 0.25) is 10.0 Å². The summed E-state index contributed by atoms with van der Waals surface area (Å²) in [4.78, 5) is 23.8. The van der Waals surface area contributed by atoms with E-state index in [2.05, 4.69) is 32.7 Å². The van der Waals surface area contributed by atoms with Crippen molar-refractivity contribution in [3.8, 4) is 0 Å². The van der Waals surface area contributed by atoms with Gasteiger partial charge in [-0.15, -0.1) is 0 Å². The van der Waals surface area contributed by atoms with Crippen molar-refractivity contribution in [3.63, 3.8) is 0 Å². The number of amides is 1. The molecule has 0 saturated heterocycles. The number of hydrogen-bond acceptors (Lipinski definition) is 6. The van der Waals surface area contributed by atoms with Gasteiger partial charge in [0.2, 0.25) is 5.95 Å². The van der Waals surface area contributed by atoms with Gasteiger partial charge in [-0.1, -0.05) is 47.1 Å². The number of nitrogens with zero attached hydrogens (tertiary/aromatic N) is 3. The highest BCUT2D eigenvalue weighted by atomic mass is 35.5. The first-order valence-electron chi connectivity index (χ1n) is 9.92. The molecule has 2 aromatic carbocycles. The summed E-state index contributed by atoms with van der Waals surface area (Å²) in [6, 6.07) is 11.5. The van der Waals surface area contributed by atoms with Crippen molar-refractivity contribution in [2.45, 2.75) is 30.3 Å². The number of rotatable bonds is 3. The number of carbonyl (C=O) groups excluding carboxylic acids is 1. The highest BCUT2D eigenvalue weighted by Crippen LogP contribution is 2.42. The van der Waals surface area contributed by atoms with E-state index >= 15 is 0 Å². The minimum absolute atomic E-state index is 0.220. The van der Waals surface area contributed by atoms with Crippen LogP contribution in [-0.4, -0.2) is 27.8 Å². The third-order valence-corrected chi connectivity index (χ3v) is 7.07. The van der Waals surface area contributed by atoms with Gasteiger partial charge in [0.15, 0.2) is 0 Å². The lowest BCUT2D eigenvalue weighted by atomic mass is 10.0. The van der Waals surface area contributed by atoms with Crippen molar-refractivity contribution in [2.75, 3.05) is 16.8 Å². The number of halogens is 2. The van der Waals surface area contributed by atoms with E-state index in [0.29, 0.717) is 32.3 Å². The third-order valence-electron chi connectivity index (χ3n) is 5.38. The molecule has 0 spiro atoms. The number of thioether (sulfide) groups is 1. The number of para-hydroxylation sites is 1. The first-order valence-corrected chi connectivity index (χ1v) is 11.6. The van der Waals surface area contributed by atoms with Crippen LogP contribution in [0.3, 0.4) is 0 Å². The second-order valence-electron chi connectivity index (χ2n) is 7.41. The van der Waals surface area contributed by atoms with Gasteiger partial charge >= 0.3 is 0 Å². The van der Waals surface area contributed by atoms with Gasteiger partial charge < -0.3 is 10.6 Å². The van der Waals surface area contributed by atoms with Gasteiger partial charge in [0.25, 0.3) is 5.91 Å². The first-order chi connectivity index (χ1) is 15.0. The van der Waals surface area contributed by atoms with E-state index in [-0.39, 0.29) is 11.3 Å². The molecule has 1 unspecified atom stereocenters. The Hall–Kier alpha value is -2.32. The molecule has 9 heteroatoms. The van der Waals surface area contributed by atoms with Crippen LogP contribution in [0.25, 0.3) is 0 Å². The lowest BCUT2D eigenvalue weighted by Crippen LogP contribution is -2.41. The van der Waals surface area contributed by atoms with Gasteiger partial charge in [0.1, 0.15) is 5.03 Å². The highest BCUT2D eigenvalue weighted by Gasteiger charge is 2.35. The number of fused-ring (bicyclic) bond motifs is 2. The van der Waals surface area contributed by atoms with Crippen LogP contribution in [0.15, 0.2) is 47.6 Å². The molecule has 2 aliphatic heterocycles. The van der Waals surface area contributed by atoms with E-state index in [1.807, 2.05) is 13.0 Å². The van der Waals surface area contributed by atoms with Crippen LogP contribution in [0.4, 0.5) is 17.3 Å². The molecule has 1 amide bonds.